The summed E-state index contributed by atoms with van der Waals surface area (Å²) in [5.41, 5.74) is 0. The van der Waals surface area contributed by atoms with Gasteiger partial charge in [0.05, 0.1) is 12.1 Å². The summed E-state index contributed by atoms with van der Waals surface area (Å²) in [5, 5.41) is 15.2. The van der Waals surface area contributed by atoms with Gasteiger partial charge in [-0.2, -0.15) is 10.5 Å². The van der Waals surface area contributed by atoms with Gasteiger partial charge in [0.1, 0.15) is 6.42 Å². The standard InChI is InChI=1S/C3H2N2.K.H/c4-2-1-3-5;;/h1H2;;/q;+1;-1. The molecular weight excluding hydrogens is 103 g/mol. The summed E-state index contributed by atoms with van der Waals surface area (Å²) in [6.07, 6.45) is 0. The fourth-order valence-electron chi connectivity index (χ4n) is 0.0354. The number of nitrogens with zero attached hydrogens (tertiary/aromatic N) is 2. The minimum Gasteiger partial charge on any atom is -1.00 e. The molecule has 0 radical (unpaired) electrons. The molecule has 0 fully saturated rings. The quantitative estimate of drug-likeness (QED) is 0.322. The zero-order valence-electron chi connectivity index (χ0n) is 4.60. The van der Waals surface area contributed by atoms with Gasteiger partial charge in [-0.25, -0.2) is 0 Å². The zero-order valence-corrected chi connectivity index (χ0v) is 6.72. The molecule has 0 aromatic rings. The van der Waals surface area contributed by atoms with Crippen LogP contribution in [0.4, 0.5) is 0 Å². The molecular formula is C3H3KN2. The number of hydrogen-bond donors (Lipinski definition) is 0. The summed E-state index contributed by atoms with van der Waals surface area (Å²) in [4.78, 5) is 0. The van der Waals surface area contributed by atoms with Gasteiger partial charge in [-0.15, -0.1) is 0 Å². The minimum atomic E-state index is 0. The molecule has 26 valence electrons. The van der Waals surface area contributed by atoms with Crippen molar-refractivity contribution >= 4 is 0 Å². The molecule has 0 aliphatic rings. The second-order valence-electron chi connectivity index (χ2n) is 0.493. The third kappa shape index (κ3) is 8.82. The van der Waals surface area contributed by atoms with Crippen molar-refractivity contribution in [3.05, 3.63) is 0 Å². The van der Waals surface area contributed by atoms with Crippen LogP contribution >= 0.6 is 0 Å². The maximum Gasteiger partial charge on any atom is 1.00 e. The van der Waals surface area contributed by atoms with E-state index in [9.17, 15) is 0 Å². The van der Waals surface area contributed by atoms with E-state index in [-0.39, 0.29) is 59.2 Å². The average molecular weight is 106 g/mol. The second-order valence-corrected chi connectivity index (χ2v) is 0.493. The normalized spacial score (nSPS) is 3.67. The second kappa shape index (κ2) is 9.15. The summed E-state index contributed by atoms with van der Waals surface area (Å²) < 4.78 is 0. The van der Waals surface area contributed by atoms with Gasteiger partial charge in [-0.1, -0.05) is 0 Å². The fraction of sp³-hybridized carbons (Fsp3) is 0.333. The SMILES string of the molecule is N#CCC#N.[H-].[K+]. The van der Waals surface area contributed by atoms with Crippen LogP contribution in [0.1, 0.15) is 7.85 Å². The molecule has 3 heteroatoms. The summed E-state index contributed by atoms with van der Waals surface area (Å²) in [5.74, 6) is 0. The van der Waals surface area contributed by atoms with Crippen molar-refractivity contribution < 1.29 is 52.8 Å². The first kappa shape index (κ1) is 9.79. The van der Waals surface area contributed by atoms with Crippen LogP contribution in [0.15, 0.2) is 0 Å². The van der Waals surface area contributed by atoms with E-state index in [4.69, 9.17) is 10.5 Å². The van der Waals surface area contributed by atoms with Crippen molar-refractivity contribution in [1.29, 1.82) is 10.5 Å². The van der Waals surface area contributed by atoms with E-state index in [2.05, 4.69) is 0 Å². The van der Waals surface area contributed by atoms with Crippen molar-refractivity contribution in [3.8, 4) is 12.1 Å². The molecule has 0 saturated carbocycles. The number of nitriles is 2. The van der Waals surface area contributed by atoms with Crippen LogP contribution in [0.5, 0.6) is 0 Å². The Balaban J connectivity index is -0.0000000800. The van der Waals surface area contributed by atoms with Crippen LogP contribution < -0.4 is 51.4 Å². The van der Waals surface area contributed by atoms with Gasteiger partial charge in [0.25, 0.3) is 0 Å². The molecule has 0 atom stereocenters. The average Bonchev–Trinajstić information content (AvgIpc) is 1.41. The predicted octanol–water partition coefficient (Wildman–Crippen LogP) is -2.46. The van der Waals surface area contributed by atoms with Gasteiger partial charge < -0.3 is 1.43 Å². The van der Waals surface area contributed by atoms with E-state index in [0.717, 1.165) is 0 Å². The van der Waals surface area contributed by atoms with Crippen molar-refractivity contribution in [1.82, 2.24) is 0 Å². The molecule has 0 N–H and O–H groups in total. The Hall–Kier alpha value is 0.616. The van der Waals surface area contributed by atoms with Crippen LogP contribution in [0, 0.1) is 22.7 Å². The topological polar surface area (TPSA) is 47.6 Å². The molecule has 0 spiro atoms. The van der Waals surface area contributed by atoms with E-state index in [0.29, 0.717) is 0 Å². The van der Waals surface area contributed by atoms with E-state index >= 15 is 0 Å². The van der Waals surface area contributed by atoms with Crippen molar-refractivity contribution in [2.45, 2.75) is 6.42 Å². The van der Waals surface area contributed by atoms with Crippen molar-refractivity contribution in [3.63, 3.8) is 0 Å². The van der Waals surface area contributed by atoms with E-state index < -0.39 is 0 Å². The monoisotopic (exact) mass is 106 g/mol. The Morgan fingerprint density at radius 1 is 1.33 bits per heavy atom. The van der Waals surface area contributed by atoms with E-state index in [1.807, 2.05) is 0 Å². The predicted molar refractivity (Wildman–Crippen MR) is 17.0 cm³/mol. The summed E-state index contributed by atoms with van der Waals surface area (Å²) in [7, 11) is 0. The third-order valence-electron chi connectivity index (χ3n) is 0.158. The molecule has 0 aromatic carbocycles. The first-order valence-electron chi connectivity index (χ1n) is 1.15. The molecule has 0 rings (SSSR count). The molecule has 0 bridgehead atoms. The van der Waals surface area contributed by atoms with Crippen LogP contribution in [0.3, 0.4) is 0 Å². The summed E-state index contributed by atoms with van der Waals surface area (Å²) in [6, 6.07) is 3.31. The van der Waals surface area contributed by atoms with E-state index in [1.54, 1.807) is 12.1 Å². The van der Waals surface area contributed by atoms with Gasteiger partial charge >= 0.3 is 51.4 Å². The molecule has 2 nitrogen and oxygen atoms in total. The Bertz CT molecular complexity index is 78.1. The van der Waals surface area contributed by atoms with Gasteiger partial charge in [0.15, 0.2) is 0 Å². The Labute approximate surface area is 80.7 Å². The van der Waals surface area contributed by atoms with Gasteiger partial charge in [-0.05, 0) is 0 Å². The Morgan fingerprint density at radius 2 is 1.67 bits per heavy atom. The summed E-state index contributed by atoms with van der Waals surface area (Å²) in [6.45, 7) is 0. The van der Waals surface area contributed by atoms with Crippen molar-refractivity contribution in [2.75, 3.05) is 0 Å². The van der Waals surface area contributed by atoms with Gasteiger partial charge in [0, 0.05) is 0 Å². The van der Waals surface area contributed by atoms with Crippen LogP contribution in [0.2, 0.25) is 0 Å². The first-order chi connectivity index (χ1) is 2.41. The Morgan fingerprint density at radius 3 is 1.67 bits per heavy atom. The molecule has 0 heterocycles. The van der Waals surface area contributed by atoms with Crippen molar-refractivity contribution in [2.24, 2.45) is 0 Å². The van der Waals surface area contributed by atoms with Crippen LogP contribution in [-0.2, 0) is 0 Å². The molecule has 0 unspecified atom stereocenters. The molecule has 0 aliphatic carbocycles. The largest absolute Gasteiger partial charge is 1.00 e. The smallest absolute Gasteiger partial charge is 1.00 e. The number of rotatable bonds is 0. The maximum atomic E-state index is 7.59. The minimum absolute atomic E-state index is 0. The fourth-order valence-corrected chi connectivity index (χ4v) is 0.0354. The zero-order chi connectivity index (χ0) is 4.12. The molecule has 0 aromatic heterocycles. The Kier molecular flexibility index (Phi) is 14.9. The summed E-state index contributed by atoms with van der Waals surface area (Å²) >= 11 is 0. The molecule has 0 saturated heterocycles. The third-order valence-corrected chi connectivity index (χ3v) is 0.158. The van der Waals surface area contributed by atoms with Crippen LogP contribution in [0.25, 0.3) is 0 Å². The van der Waals surface area contributed by atoms with E-state index in [1.165, 1.54) is 0 Å². The van der Waals surface area contributed by atoms with Gasteiger partial charge in [-0.3, -0.25) is 0 Å². The van der Waals surface area contributed by atoms with Gasteiger partial charge in [0.2, 0.25) is 0 Å². The van der Waals surface area contributed by atoms with Crippen LogP contribution in [-0.4, -0.2) is 0 Å². The first-order valence-corrected chi connectivity index (χ1v) is 1.15. The maximum absolute atomic E-state index is 7.59. The molecule has 6 heavy (non-hydrogen) atoms. The molecule has 0 amide bonds. The number of hydrogen-bond acceptors (Lipinski definition) is 2. The molecule has 0 aliphatic heterocycles.